The number of amides is 1. The number of carbonyl (C=O) groups excluding carboxylic acids is 1. The van der Waals surface area contributed by atoms with E-state index < -0.39 is 0 Å². The fourth-order valence-electron chi connectivity index (χ4n) is 3.13. The smallest absolute Gasteiger partial charge is 0.221 e. The van der Waals surface area contributed by atoms with Crippen molar-refractivity contribution in [3.05, 3.63) is 35.6 Å². The second-order valence-electron chi connectivity index (χ2n) is 5.80. The van der Waals surface area contributed by atoms with Gasteiger partial charge in [0.05, 0.1) is 5.92 Å². The van der Waals surface area contributed by atoms with E-state index in [4.69, 9.17) is 5.73 Å². The van der Waals surface area contributed by atoms with Crippen LogP contribution >= 0.6 is 0 Å². The molecule has 1 aromatic rings. The molecule has 102 valence electrons. The maximum Gasteiger partial charge on any atom is 0.221 e. The van der Waals surface area contributed by atoms with Crippen molar-refractivity contribution in [2.75, 3.05) is 19.6 Å². The molecule has 0 unspecified atom stereocenters. The van der Waals surface area contributed by atoms with E-state index in [1.807, 2.05) is 12.1 Å². The number of hydrogen-bond acceptors (Lipinski definition) is 2. The lowest BCUT2D eigenvalue weighted by Gasteiger charge is -2.15. The van der Waals surface area contributed by atoms with Crippen LogP contribution in [0.3, 0.4) is 0 Å². The minimum Gasteiger partial charge on any atom is -0.369 e. The number of halogens is 1. The highest BCUT2D eigenvalue weighted by atomic mass is 19.1. The zero-order valence-electron chi connectivity index (χ0n) is 10.9. The van der Waals surface area contributed by atoms with Crippen LogP contribution < -0.4 is 5.73 Å². The van der Waals surface area contributed by atoms with Crippen molar-refractivity contribution in [2.45, 2.75) is 18.8 Å². The number of nitrogens with zero attached hydrogens (tertiary/aromatic N) is 1. The lowest BCUT2D eigenvalue weighted by atomic mass is 10.1. The number of benzene rings is 1. The van der Waals surface area contributed by atoms with E-state index in [1.165, 1.54) is 24.1 Å². The number of carbonyl (C=O) groups is 1. The largest absolute Gasteiger partial charge is 0.369 e. The first kappa shape index (κ1) is 12.6. The summed E-state index contributed by atoms with van der Waals surface area (Å²) in [5.74, 6) is 0.895. The second-order valence-corrected chi connectivity index (χ2v) is 5.80. The van der Waals surface area contributed by atoms with E-state index in [1.54, 1.807) is 0 Å². The predicted octanol–water partition coefficient (Wildman–Crippen LogP) is 1.74. The van der Waals surface area contributed by atoms with Crippen molar-refractivity contribution >= 4 is 5.91 Å². The average molecular weight is 262 g/mol. The van der Waals surface area contributed by atoms with E-state index >= 15 is 0 Å². The molecule has 1 aliphatic heterocycles. The molecule has 1 amide bonds. The zero-order valence-corrected chi connectivity index (χ0v) is 10.9. The van der Waals surface area contributed by atoms with E-state index in [0.717, 1.165) is 26.1 Å². The summed E-state index contributed by atoms with van der Waals surface area (Å²) in [7, 11) is 0. The zero-order chi connectivity index (χ0) is 13.4. The van der Waals surface area contributed by atoms with E-state index in [-0.39, 0.29) is 17.6 Å². The first-order chi connectivity index (χ1) is 9.13. The van der Waals surface area contributed by atoms with Gasteiger partial charge in [-0.2, -0.15) is 0 Å². The molecular formula is C15H19FN2O. The summed E-state index contributed by atoms with van der Waals surface area (Å²) in [5.41, 5.74) is 6.57. The highest BCUT2D eigenvalue weighted by Gasteiger charge is 2.40. The number of likely N-dealkylation sites (tertiary alicyclic amines) is 1. The van der Waals surface area contributed by atoms with Crippen molar-refractivity contribution < 1.29 is 9.18 Å². The summed E-state index contributed by atoms with van der Waals surface area (Å²) in [5, 5.41) is 0. The van der Waals surface area contributed by atoms with Gasteiger partial charge < -0.3 is 10.6 Å². The van der Waals surface area contributed by atoms with Crippen molar-refractivity contribution in [3.8, 4) is 0 Å². The fourth-order valence-corrected chi connectivity index (χ4v) is 3.13. The quantitative estimate of drug-likeness (QED) is 0.898. The maximum absolute atomic E-state index is 12.9. The molecule has 0 spiro atoms. The highest BCUT2D eigenvalue weighted by Crippen LogP contribution is 2.48. The SMILES string of the molecule is NC(=O)[C@@H]1CCN(C[C@@H]2C[C@H]2c2ccc(F)cc2)C1. The van der Waals surface area contributed by atoms with Crippen LogP contribution in [0, 0.1) is 17.7 Å². The maximum atomic E-state index is 12.9. The van der Waals surface area contributed by atoms with Crippen LogP contribution in [-0.2, 0) is 4.79 Å². The van der Waals surface area contributed by atoms with Crippen LogP contribution in [0.4, 0.5) is 4.39 Å². The van der Waals surface area contributed by atoms with Crippen LogP contribution in [0.5, 0.6) is 0 Å². The molecule has 2 fully saturated rings. The Morgan fingerprint density at radius 2 is 2.11 bits per heavy atom. The van der Waals surface area contributed by atoms with Gasteiger partial charge in [0.1, 0.15) is 5.82 Å². The summed E-state index contributed by atoms with van der Waals surface area (Å²) in [6.45, 7) is 2.81. The van der Waals surface area contributed by atoms with E-state index in [9.17, 15) is 9.18 Å². The fraction of sp³-hybridized carbons (Fsp3) is 0.533. The Labute approximate surface area is 112 Å². The molecular weight excluding hydrogens is 243 g/mol. The number of nitrogens with two attached hydrogens (primary N) is 1. The van der Waals surface area contributed by atoms with Crippen LogP contribution in [0.1, 0.15) is 24.3 Å². The topological polar surface area (TPSA) is 46.3 Å². The standard InChI is InChI=1S/C15H19FN2O/c16-13-3-1-10(2-4-13)14-7-12(14)9-18-6-5-11(8-18)15(17)19/h1-4,11-12,14H,5-9H2,(H2,17,19)/t11-,12+,14+/m1/s1. The first-order valence-electron chi connectivity index (χ1n) is 6.90. The van der Waals surface area contributed by atoms with Gasteiger partial charge in [0.15, 0.2) is 0 Å². The second kappa shape index (κ2) is 4.93. The third-order valence-corrected chi connectivity index (χ3v) is 4.39. The normalized spacial score (nSPS) is 30.5. The molecule has 0 radical (unpaired) electrons. The van der Waals surface area contributed by atoms with Crippen molar-refractivity contribution in [3.63, 3.8) is 0 Å². The summed E-state index contributed by atoms with van der Waals surface area (Å²) >= 11 is 0. The Balaban J connectivity index is 1.51. The minimum atomic E-state index is -0.176. The van der Waals surface area contributed by atoms with E-state index in [2.05, 4.69) is 4.90 Å². The van der Waals surface area contributed by atoms with Gasteiger partial charge in [-0.3, -0.25) is 4.79 Å². The molecule has 1 aliphatic carbocycles. The molecule has 1 heterocycles. The first-order valence-corrected chi connectivity index (χ1v) is 6.90. The number of hydrogen-bond donors (Lipinski definition) is 1. The molecule has 0 aromatic heterocycles. The van der Waals surface area contributed by atoms with Crippen LogP contribution in [0.15, 0.2) is 24.3 Å². The average Bonchev–Trinajstić information content (AvgIpc) is 2.97. The molecule has 19 heavy (non-hydrogen) atoms. The van der Waals surface area contributed by atoms with Gasteiger partial charge in [-0.15, -0.1) is 0 Å². The third kappa shape index (κ3) is 2.78. The van der Waals surface area contributed by atoms with Gasteiger partial charge in [0.25, 0.3) is 0 Å². The summed E-state index contributed by atoms with van der Waals surface area (Å²) in [4.78, 5) is 13.5. The lowest BCUT2D eigenvalue weighted by Crippen LogP contribution is -2.28. The van der Waals surface area contributed by atoms with Gasteiger partial charge in [-0.25, -0.2) is 4.39 Å². The van der Waals surface area contributed by atoms with Crippen molar-refractivity contribution in [1.82, 2.24) is 4.90 Å². The van der Waals surface area contributed by atoms with Gasteiger partial charge in [-0.05, 0) is 48.9 Å². The lowest BCUT2D eigenvalue weighted by molar-refractivity contribution is -0.121. The van der Waals surface area contributed by atoms with Crippen LogP contribution in [-0.4, -0.2) is 30.4 Å². The van der Waals surface area contributed by atoms with Gasteiger partial charge >= 0.3 is 0 Å². The summed E-state index contributed by atoms with van der Waals surface area (Å²) < 4.78 is 12.9. The van der Waals surface area contributed by atoms with Crippen LogP contribution in [0.25, 0.3) is 0 Å². The molecule has 1 aromatic carbocycles. The Bertz CT molecular complexity index is 474. The Morgan fingerprint density at radius 1 is 1.37 bits per heavy atom. The molecule has 3 nitrogen and oxygen atoms in total. The van der Waals surface area contributed by atoms with Gasteiger partial charge in [-0.1, -0.05) is 12.1 Å². The molecule has 3 rings (SSSR count). The molecule has 1 saturated heterocycles. The molecule has 0 bridgehead atoms. The van der Waals surface area contributed by atoms with Crippen molar-refractivity contribution in [2.24, 2.45) is 17.6 Å². The van der Waals surface area contributed by atoms with Gasteiger partial charge in [0, 0.05) is 13.1 Å². The Morgan fingerprint density at radius 3 is 2.74 bits per heavy atom. The van der Waals surface area contributed by atoms with Crippen LogP contribution in [0.2, 0.25) is 0 Å². The number of rotatable bonds is 4. The van der Waals surface area contributed by atoms with E-state index in [0.29, 0.717) is 11.8 Å². The predicted molar refractivity (Wildman–Crippen MR) is 71.0 cm³/mol. The Hall–Kier alpha value is -1.42. The molecule has 1 saturated carbocycles. The highest BCUT2D eigenvalue weighted by molar-refractivity contribution is 5.77. The molecule has 3 atom stereocenters. The van der Waals surface area contributed by atoms with Crippen molar-refractivity contribution in [1.29, 1.82) is 0 Å². The summed E-state index contributed by atoms with van der Waals surface area (Å²) in [6.07, 6.45) is 2.06. The Kier molecular flexibility index (Phi) is 3.27. The molecule has 2 N–H and O–H groups in total. The molecule has 4 heteroatoms. The third-order valence-electron chi connectivity index (χ3n) is 4.39. The van der Waals surface area contributed by atoms with Gasteiger partial charge in [0.2, 0.25) is 5.91 Å². The summed E-state index contributed by atoms with van der Waals surface area (Å²) in [6, 6.07) is 6.83. The minimum absolute atomic E-state index is 0.0306. The molecule has 2 aliphatic rings. The number of primary amides is 1. The monoisotopic (exact) mass is 262 g/mol.